The van der Waals surface area contributed by atoms with Crippen LogP contribution in [-0.2, 0) is 16.0 Å². The van der Waals surface area contributed by atoms with Crippen molar-refractivity contribution < 1.29 is 23.5 Å². The molecule has 4 rings (SSSR count). The standard InChI is InChI=1S/C22H20FN3O4/c23-16-6-3-14(4-7-16)10-21(27)26-9-1-2-18(26)22(28)25-17(12-24)15-5-8-19-20(11-15)30-13-29-19/h3-8,11,17-18H,1-2,9-10,13H2,(H,25,28)/t17?,18-/m0/s1. The number of benzene rings is 2. The molecule has 2 atom stereocenters. The van der Waals surface area contributed by atoms with E-state index in [1.54, 1.807) is 30.3 Å². The van der Waals surface area contributed by atoms with Crippen LogP contribution >= 0.6 is 0 Å². The van der Waals surface area contributed by atoms with E-state index in [-0.39, 0.29) is 30.8 Å². The molecule has 0 bridgehead atoms. The largest absolute Gasteiger partial charge is 0.454 e. The number of nitrogens with one attached hydrogen (secondary N) is 1. The highest BCUT2D eigenvalue weighted by molar-refractivity contribution is 5.89. The molecule has 1 unspecified atom stereocenters. The lowest BCUT2D eigenvalue weighted by Crippen LogP contribution is -2.47. The van der Waals surface area contributed by atoms with Crippen LogP contribution in [0.25, 0.3) is 0 Å². The molecule has 0 aliphatic carbocycles. The summed E-state index contributed by atoms with van der Waals surface area (Å²) in [7, 11) is 0. The van der Waals surface area contributed by atoms with Gasteiger partial charge in [0.05, 0.1) is 12.5 Å². The maximum absolute atomic E-state index is 13.1. The van der Waals surface area contributed by atoms with Crippen LogP contribution in [-0.4, -0.2) is 36.1 Å². The first-order valence-electron chi connectivity index (χ1n) is 9.68. The summed E-state index contributed by atoms with van der Waals surface area (Å²) in [6, 6.07) is 11.4. The number of likely N-dealkylation sites (tertiary alicyclic amines) is 1. The summed E-state index contributed by atoms with van der Waals surface area (Å²) in [6.07, 6.45) is 1.32. The van der Waals surface area contributed by atoms with Gasteiger partial charge in [-0.15, -0.1) is 0 Å². The van der Waals surface area contributed by atoms with Crippen LogP contribution in [0.2, 0.25) is 0 Å². The van der Waals surface area contributed by atoms with Gasteiger partial charge in [-0.25, -0.2) is 4.39 Å². The van der Waals surface area contributed by atoms with E-state index < -0.39 is 12.1 Å². The number of rotatable bonds is 5. The molecule has 2 aliphatic heterocycles. The fraction of sp³-hybridized carbons (Fsp3) is 0.318. The van der Waals surface area contributed by atoms with Crippen LogP contribution in [0.4, 0.5) is 4.39 Å². The van der Waals surface area contributed by atoms with E-state index in [9.17, 15) is 19.2 Å². The summed E-state index contributed by atoms with van der Waals surface area (Å²) in [4.78, 5) is 27.1. The molecule has 30 heavy (non-hydrogen) atoms. The molecule has 0 saturated carbocycles. The highest BCUT2D eigenvalue weighted by Gasteiger charge is 2.35. The Labute approximate surface area is 173 Å². The minimum absolute atomic E-state index is 0.0912. The van der Waals surface area contributed by atoms with Gasteiger partial charge in [-0.3, -0.25) is 9.59 Å². The number of nitriles is 1. The summed E-state index contributed by atoms with van der Waals surface area (Å²) < 4.78 is 23.7. The van der Waals surface area contributed by atoms with Gasteiger partial charge >= 0.3 is 0 Å². The second-order valence-electron chi connectivity index (χ2n) is 7.23. The Hall–Kier alpha value is -3.60. The van der Waals surface area contributed by atoms with E-state index in [2.05, 4.69) is 11.4 Å². The molecule has 2 aromatic carbocycles. The predicted octanol–water partition coefficient (Wildman–Crippen LogP) is 2.47. The first-order chi connectivity index (χ1) is 14.5. The lowest BCUT2D eigenvalue weighted by molar-refractivity contribution is -0.138. The van der Waals surface area contributed by atoms with Crippen LogP contribution in [0, 0.1) is 17.1 Å². The molecule has 0 spiro atoms. The van der Waals surface area contributed by atoms with Crippen LogP contribution in [0.5, 0.6) is 11.5 Å². The number of ether oxygens (including phenoxy) is 2. The maximum atomic E-state index is 13.1. The predicted molar refractivity (Wildman–Crippen MR) is 104 cm³/mol. The van der Waals surface area contributed by atoms with Crippen LogP contribution < -0.4 is 14.8 Å². The number of carbonyl (C=O) groups excluding carboxylic acids is 2. The lowest BCUT2D eigenvalue weighted by Gasteiger charge is -2.25. The Bertz CT molecular complexity index is 1000. The van der Waals surface area contributed by atoms with Crippen molar-refractivity contribution in [3.05, 3.63) is 59.4 Å². The van der Waals surface area contributed by atoms with Gasteiger partial charge in [0.2, 0.25) is 18.6 Å². The van der Waals surface area contributed by atoms with Crippen molar-refractivity contribution in [1.82, 2.24) is 10.2 Å². The van der Waals surface area contributed by atoms with Gasteiger partial charge in [0.25, 0.3) is 0 Å². The third-order valence-corrected chi connectivity index (χ3v) is 5.29. The topological polar surface area (TPSA) is 91.7 Å². The van der Waals surface area contributed by atoms with Crippen LogP contribution in [0.15, 0.2) is 42.5 Å². The number of amides is 2. The Morgan fingerprint density at radius 3 is 2.73 bits per heavy atom. The molecule has 2 amide bonds. The van der Waals surface area contributed by atoms with Crippen molar-refractivity contribution in [3.63, 3.8) is 0 Å². The Kier molecular flexibility index (Phi) is 5.53. The van der Waals surface area contributed by atoms with Gasteiger partial charge < -0.3 is 19.7 Å². The van der Waals surface area contributed by atoms with Gasteiger partial charge in [-0.05, 0) is 48.2 Å². The van der Waals surface area contributed by atoms with E-state index in [0.717, 1.165) is 0 Å². The zero-order valence-corrected chi connectivity index (χ0v) is 16.1. The first kappa shape index (κ1) is 19.7. The maximum Gasteiger partial charge on any atom is 0.244 e. The van der Waals surface area contributed by atoms with E-state index in [4.69, 9.17) is 9.47 Å². The molecule has 0 aromatic heterocycles. The fourth-order valence-electron chi connectivity index (χ4n) is 3.74. The highest BCUT2D eigenvalue weighted by atomic mass is 19.1. The number of hydrogen-bond acceptors (Lipinski definition) is 5. The molecule has 2 aliphatic rings. The van der Waals surface area contributed by atoms with E-state index in [0.29, 0.717) is 42.0 Å². The number of halogens is 1. The average molecular weight is 409 g/mol. The number of hydrogen-bond donors (Lipinski definition) is 1. The summed E-state index contributed by atoms with van der Waals surface area (Å²) >= 11 is 0. The number of nitrogens with zero attached hydrogens (tertiary/aromatic N) is 2. The van der Waals surface area contributed by atoms with Gasteiger partial charge in [0.15, 0.2) is 11.5 Å². The molecule has 0 radical (unpaired) electrons. The molecule has 1 N–H and O–H groups in total. The van der Waals surface area contributed by atoms with Crippen LogP contribution in [0.1, 0.15) is 30.0 Å². The van der Waals surface area contributed by atoms with Crippen molar-refractivity contribution in [3.8, 4) is 17.6 Å². The minimum Gasteiger partial charge on any atom is -0.454 e. The molecule has 7 nitrogen and oxygen atoms in total. The van der Waals surface area contributed by atoms with Crippen LogP contribution in [0.3, 0.4) is 0 Å². The quantitative estimate of drug-likeness (QED) is 0.819. The van der Waals surface area contributed by atoms with E-state index in [1.807, 2.05) is 0 Å². The smallest absolute Gasteiger partial charge is 0.244 e. The lowest BCUT2D eigenvalue weighted by atomic mass is 10.1. The molecule has 2 aromatic rings. The van der Waals surface area contributed by atoms with Crippen molar-refractivity contribution in [2.45, 2.75) is 31.3 Å². The van der Waals surface area contributed by atoms with Crippen molar-refractivity contribution in [2.75, 3.05) is 13.3 Å². The van der Waals surface area contributed by atoms with E-state index in [1.165, 1.54) is 17.0 Å². The number of fused-ring (bicyclic) bond motifs is 1. The summed E-state index contributed by atoms with van der Waals surface area (Å²) in [5, 5.41) is 12.3. The molecule has 1 fully saturated rings. The molecule has 1 saturated heterocycles. The molecular weight excluding hydrogens is 389 g/mol. The van der Waals surface area contributed by atoms with Crippen molar-refractivity contribution in [1.29, 1.82) is 5.26 Å². The third-order valence-electron chi connectivity index (χ3n) is 5.29. The summed E-state index contributed by atoms with van der Waals surface area (Å²) in [5.41, 5.74) is 1.26. The van der Waals surface area contributed by atoms with Crippen molar-refractivity contribution >= 4 is 11.8 Å². The Morgan fingerprint density at radius 1 is 1.20 bits per heavy atom. The van der Waals surface area contributed by atoms with Gasteiger partial charge in [0, 0.05) is 6.54 Å². The van der Waals surface area contributed by atoms with Gasteiger partial charge in [0.1, 0.15) is 17.9 Å². The minimum atomic E-state index is -0.873. The monoisotopic (exact) mass is 409 g/mol. The highest BCUT2D eigenvalue weighted by Crippen LogP contribution is 2.34. The summed E-state index contributed by atoms with van der Waals surface area (Å²) in [5.74, 6) is 0.185. The zero-order chi connectivity index (χ0) is 21.1. The average Bonchev–Trinajstić information content (AvgIpc) is 3.42. The molecule has 8 heteroatoms. The molecular formula is C22H20FN3O4. The zero-order valence-electron chi connectivity index (χ0n) is 16.1. The Morgan fingerprint density at radius 2 is 1.97 bits per heavy atom. The van der Waals surface area contributed by atoms with Gasteiger partial charge in [-0.2, -0.15) is 5.26 Å². The molecule has 154 valence electrons. The second-order valence-corrected chi connectivity index (χ2v) is 7.23. The molecule has 2 heterocycles. The second kappa shape index (κ2) is 8.41. The summed E-state index contributed by atoms with van der Waals surface area (Å²) in [6.45, 7) is 0.592. The van der Waals surface area contributed by atoms with E-state index >= 15 is 0 Å². The number of carbonyl (C=O) groups is 2. The third kappa shape index (κ3) is 4.06. The SMILES string of the molecule is N#CC(NC(=O)[C@@H]1CCCN1C(=O)Cc1ccc(F)cc1)c1ccc2c(c1)OCO2. The normalized spacial score (nSPS) is 18.0. The Balaban J connectivity index is 1.43. The van der Waals surface area contributed by atoms with Gasteiger partial charge in [-0.1, -0.05) is 18.2 Å². The fourth-order valence-corrected chi connectivity index (χ4v) is 3.74. The first-order valence-corrected chi connectivity index (χ1v) is 9.68. The van der Waals surface area contributed by atoms with Crippen molar-refractivity contribution in [2.24, 2.45) is 0 Å².